The normalized spacial score (nSPS) is 11.1. The first kappa shape index (κ1) is 16.1. The number of hydrogen-bond acceptors (Lipinski definition) is 2. The van der Waals surface area contributed by atoms with Crippen LogP contribution in [0.4, 0.5) is 10.5 Å². The van der Waals surface area contributed by atoms with Crippen molar-refractivity contribution in [2.45, 2.75) is 6.54 Å². The maximum Gasteiger partial charge on any atom is 0.321 e. The summed E-state index contributed by atoms with van der Waals surface area (Å²) in [5, 5.41) is 5.78. The van der Waals surface area contributed by atoms with Gasteiger partial charge in [-0.25, -0.2) is 9.79 Å². The van der Waals surface area contributed by atoms with E-state index in [-0.39, 0.29) is 5.96 Å². The van der Waals surface area contributed by atoms with Crippen molar-refractivity contribution in [1.82, 2.24) is 10.6 Å². The van der Waals surface area contributed by atoms with E-state index in [1.807, 2.05) is 30.3 Å². The summed E-state index contributed by atoms with van der Waals surface area (Å²) in [7, 11) is 0. The number of nitrogens with one attached hydrogen (secondary N) is 2. The molecule has 0 atom stereocenters. The molecule has 0 fully saturated rings. The number of carbonyl (C=O) groups excluding carboxylic acids is 1. The first-order valence-corrected chi connectivity index (χ1v) is 7.19. The number of benzene rings is 2. The summed E-state index contributed by atoms with van der Waals surface area (Å²) in [6.07, 6.45) is 0. The maximum absolute atomic E-state index is 11.7. The Morgan fingerprint density at radius 2 is 1.68 bits per heavy atom. The molecule has 2 rings (SSSR count). The van der Waals surface area contributed by atoms with Crippen molar-refractivity contribution in [3.63, 3.8) is 0 Å². The average Bonchev–Trinajstić information content (AvgIpc) is 2.50. The van der Waals surface area contributed by atoms with Gasteiger partial charge in [0.15, 0.2) is 0 Å². The number of rotatable bonds is 3. The van der Waals surface area contributed by atoms with Gasteiger partial charge in [-0.15, -0.1) is 0 Å². The second-order valence-electron chi connectivity index (χ2n) is 4.36. The van der Waals surface area contributed by atoms with Gasteiger partial charge in [0.05, 0.1) is 10.0 Å². The fourth-order valence-electron chi connectivity index (χ4n) is 1.68. The van der Waals surface area contributed by atoms with Gasteiger partial charge in [-0.3, -0.25) is 5.32 Å². The zero-order valence-corrected chi connectivity index (χ0v) is 13.0. The SMILES string of the molecule is NC(=Nc1c(Cl)cccc1Cl)NC(=O)NCc1ccccc1. The summed E-state index contributed by atoms with van der Waals surface area (Å²) in [4.78, 5) is 15.7. The van der Waals surface area contributed by atoms with Crippen molar-refractivity contribution >= 4 is 40.9 Å². The van der Waals surface area contributed by atoms with Crippen molar-refractivity contribution in [2.75, 3.05) is 0 Å². The van der Waals surface area contributed by atoms with E-state index in [9.17, 15) is 4.79 Å². The van der Waals surface area contributed by atoms with Gasteiger partial charge in [0, 0.05) is 6.54 Å². The average molecular weight is 337 g/mol. The Bertz CT molecular complexity index is 669. The molecule has 0 aromatic heterocycles. The predicted octanol–water partition coefficient (Wildman–Crippen LogP) is 3.44. The molecule has 5 nitrogen and oxygen atoms in total. The van der Waals surface area contributed by atoms with E-state index in [0.29, 0.717) is 22.3 Å². The number of hydrogen-bond donors (Lipinski definition) is 3. The zero-order chi connectivity index (χ0) is 15.9. The third-order valence-electron chi connectivity index (χ3n) is 2.71. The number of nitrogens with two attached hydrogens (primary N) is 1. The monoisotopic (exact) mass is 336 g/mol. The van der Waals surface area contributed by atoms with E-state index in [1.165, 1.54) is 0 Å². The molecule has 0 saturated heterocycles. The maximum atomic E-state index is 11.7. The molecule has 2 amide bonds. The van der Waals surface area contributed by atoms with E-state index in [4.69, 9.17) is 28.9 Å². The predicted molar refractivity (Wildman–Crippen MR) is 89.6 cm³/mol. The number of amides is 2. The molecule has 0 aliphatic rings. The number of halogens is 2. The number of guanidine groups is 1. The van der Waals surface area contributed by atoms with E-state index in [0.717, 1.165) is 5.56 Å². The summed E-state index contributed by atoms with van der Waals surface area (Å²) in [6, 6.07) is 14.0. The van der Waals surface area contributed by atoms with Gasteiger partial charge in [-0.1, -0.05) is 59.6 Å². The number of para-hydroxylation sites is 1. The molecule has 2 aromatic rings. The molecule has 0 aliphatic carbocycles. The van der Waals surface area contributed by atoms with Crippen LogP contribution in [0.25, 0.3) is 0 Å². The Kier molecular flexibility index (Phi) is 5.63. The Balaban J connectivity index is 1.95. The first-order valence-electron chi connectivity index (χ1n) is 6.43. The minimum Gasteiger partial charge on any atom is -0.369 e. The van der Waals surface area contributed by atoms with E-state index < -0.39 is 6.03 Å². The highest BCUT2D eigenvalue weighted by atomic mass is 35.5. The molecule has 0 radical (unpaired) electrons. The zero-order valence-electron chi connectivity index (χ0n) is 11.5. The van der Waals surface area contributed by atoms with Crippen LogP contribution < -0.4 is 16.4 Å². The highest BCUT2D eigenvalue weighted by Crippen LogP contribution is 2.32. The molecule has 0 unspecified atom stereocenters. The summed E-state index contributed by atoms with van der Waals surface area (Å²) in [5.74, 6) is -0.0967. The van der Waals surface area contributed by atoms with E-state index >= 15 is 0 Å². The molecule has 0 aliphatic heterocycles. The Hall–Kier alpha value is -2.24. The fourth-order valence-corrected chi connectivity index (χ4v) is 2.16. The van der Waals surface area contributed by atoms with Crippen molar-refractivity contribution in [1.29, 1.82) is 0 Å². The molecule has 7 heteroatoms. The standard InChI is InChI=1S/C15H14Cl2N4O/c16-11-7-4-8-12(17)13(11)20-14(18)21-15(22)19-9-10-5-2-1-3-6-10/h1-8H,9H2,(H4,18,19,20,21,22). The molecular formula is C15H14Cl2N4O. The van der Waals surface area contributed by atoms with E-state index in [2.05, 4.69) is 15.6 Å². The lowest BCUT2D eigenvalue weighted by Crippen LogP contribution is -2.42. The van der Waals surface area contributed by atoms with Crippen LogP contribution >= 0.6 is 23.2 Å². The van der Waals surface area contributed by atoms with Gasteiger partial charge in [0.2, 0.25) is 5.96 Å². The topological polar surface area (TPSA) is 79.5 Å². The van der Waals surface area contributed by atoms with Gasteiger partial charge in [-0.05, 0) is 17.7 Å². The minimum absolute atomic E-state index is 0.0967. The molecule has 114 valence electrons. The van der Waals surface area contributed by atoms with Gasteiger partial charge < -0.3 is 11.1 Å². The lowest BCUT2D eigenvalue weighted by atomic mass is 10.2. The van der Waals surface area contributed by atoms with Crippen molar-refractivity contribution in [3.8, 4) is 0 Å². The van der Waals surface area contributed by atoms with Crippen LogP contribution in [0.5, 0.6) is 0 Å². The number of aliphatic imine (C=N–C) groups is 1. The van der Waals surface area contributed by atoms with Gasteiger partial charge in [-0.2, -0.15) is 0 Å². The molecule has 0 heterocycles. The van der Waals surface area contributed by atoms with Crippen molar-refractivity contribution in [3.05, 3.63) is 64.1 Å². The highest BCUT2D eigenvalue weighted by molar-refractivity contribution is 6.38. The van der Waals surface area contributed by atoms with Crippen LogP contribution in [0.15, 0.2) is 53.5 Å². The second kappa shape index (κ2) is 7.68. The first-order chi connectivity index (χ1) is 10.6. The largest absolute Gasteiger partial charge is 0.369 e. The molecule has 0 saturated carbocycles. The quantitative estimate of drug-likeness (QED) is 0.592. The number of carbonyl (C=O) groups is 1. The smallest absolute Gasteiger partial charge is 0.321 e. The third-order valence-corrected chi connectivity index (χ3v) is 3.32. The lowest BCUT2D eigenvalue weighted by molar-refractivity contribution is 0.245. The van der Waals surface area contributed by atoms with Crippen LogP contribution in [-0.2, 0) is 6.54 Å². The van der Waals surface area contributed by atoms with Crippen LogP contribution in [0.3, 0.4) is 0 Å². The molecule has 22 heavy (non-hydrogen) atoms. The van der Waals surface area contributed by atoms with Gasteiger partial charge >= 0.3 is 6.03 Å². The summed E-state index contributed by atoms with van der Waals surface area (Å²) in [5.41, 5.74) is 6.96. The number of urea groups is 1. The van der Waals surface area contributed by atoms with Gasteiger partial charge in [0.1, 0.15) is 5.69 Å². The Labute approximate surface area is 138 Å². The fraction of sp³-hybridized carbons (Fsp3) is 0.0667. The number of nitrogens with zero attached hydrogens (tertiary/aromatic N) is 1. The summed E-state index contributed by atoms with van der Waals surface area (Å²) in [6.45, 7) is 0.382. The Morgan fingerprint density at radius 1 is 1.05 bits per heavy atom. The van der Waals surface area contributed by atoms with Crippen LogP contribution in [-0.4, -0.2) is 12.0 Å². The van der Waals surface area contributed by atoms with Crippen LogP contribution in [0.2, 0.25) is 10.0 Å². The highest BCUT2D eigenvalue weighted by Gasteiger charge is 2.07. The molecule has 0 bridgehead atoms. The summed E-state index contributed by atoms with van der Waals surface area (Å²) < 4.78 is 0. The Morgan fingerprint density at radius 3 is 2.32 bits per heavy atom. The lowest BCUT2D eigenvalue weighted by Gasteiger charge is -2.08. The molecular weight excluding hydrogens is 323 g/mol. The molecule has 2 aromatic carbocycles. The molecule has 4 N–H and O–H groups in total. The molecule has 0 spiro atoms. The van der Waals surface area contributed by atoms with Crippen LogP contribution in [0.1, 0.15) is 5.56 Å². The van der Waals surface area contributed by atoms with E-state index in [1.54, 1.807) is 18.2 Å². The third kappa shape index (κ3) is 4.65. The summed E-state index contributed by atoms with van der Waals surface area (Å²) >= 11 is 12.0. The van der Waals surface area contributed by atoms with Crippen molar-refractivity contribution < 1.29 is 4.79 Å². The van der Waals surface area contributed by atoms with Crippen LogP contribution in [0, 0.1) is 0 Å². The van der Waals surface area contributed by atoms with Crippen molar-refractivity contribution in [2.24, 2.45) is 10.7 Å². The van der Waals surface area contributed by atoms with Gasteiger partial charge in [0.25, 0.3) is 0 Å². The second-order valence-corrected chi connectivity index (χ2v) is 5.17. The minimum atomic E-state index is -0.465.